The number of hydrogen-bond acceptors (Lipinski definition) is 7. The predicted octanol–water partition coefficient (Wildman–Crippen LogP) is 3.03. The number of benzene rings is 2. The van der Waals surface area contributed by atoms with Gasteiger partial charge in [-0.2, -0.15) is 9.36 Å². The molecule has 1 heterocycles. The Morgan fingerprint density at radius 3 is 2.54 bits per heavy atom. The zero-order valence-corrected chi connectivity index (χ0v) is 13.8. The number of nitrogens with zero attached hydrogens (tertiary/aromatic N) is 2. The Morgan fingerprint density at radius 2 is 1.88 bits per heavy atom. The Balaban J connectivity index is 1.79. The molecule has 0 spiro atoms. The number of nitrogen functional groups attached to an aromatic ring is 1. The molecule has 3 rings (SSSR count). The van der Waals surface area contributed by atoms with E-state index in [9.17, 15) is 12.8 Å². The summed E-state index contributed by atoms with van der Waals surface area (Å²) >= 11 is 0.743. The number of nitrogens with two attached hydrogens (primary N) is 1. The van der Waals surface area contributed by atoms with Crippen LogP contribution in [0.3, 0.4) is 0 Å². The van der Waals surface area contributed by atoms with Gasteiger partial charge in [-0.1, -0.05) is 12.1 Å². The third-order valence-corrected chi connectivity index (χ3v) is 5.84. The molecule has 3 aromatic rings. The van der Waals surface area contributed by atoms with Crippen LogP contribution < -0.4 is 10.5 Å². The van der Waals surface area contributed by atoms with Gasteiger partial charge in [0.1, 0.15) is 17.3 Å². The molecule has 0 radical (unpaired) electrons. The summed E-state index contributed by atoms with van der Waals surface area (Å²) in [6, 6.07) is 12.2. The lowest BCUT2D eigenvalue weighted by molar-refractivity contribution is 0.480. The summed E-state index contributed by atoms with van der Waals surface area (Å²) < 4.78 is 46.6. The number of ether oxygens (including phenoxy) is 1. The third kappa shape index (κ3) is 3.87. The zero-order valence-electron chi connectivity index (χ0n) is 12.2. The molecule has 2 N–H and O–H groups in total. The molecule has 0 aliphatic heterocycles. The van der Waals surface area contributed by atoms with Gasteiger partial charge in [0.25, 0.3) is 0 Å². The third-order valence-electron chi connectivity index (χ3n) is 2.99. The summed E-state index contributed by atoms with van der Waals surface area (Å²) in [6.07, 6.45) is 0. The fourth-order valence-corrected chi connectivity index (χ4v) is 4.03. The molecular formula is C15H12FN3O3S2. The second-order valence-corrected chi connectivity index (χ2v) is 7.80. The van der Waals surface area contributed by atoms with Gasteiger partial charge in [0.05, 0.1) is 5.75 Å². The molecular weight excluding hydrogens is 353 g/mol. The van der Waals surface area contributed by atoms with Crippen molar-refractivity contribution in [2.75, 3.05) is 5.73 Å². The van der Waals surface area contributed by atoms with Crippen molar-refractivity contribution in [1.82, 2.24) is 9.36 Å². The van der Waals surface area contributed by atoms with E-state index in [1.165, 1.54) is 24.3 Å². The highest BCUT2D eigenvalue weighted by Gasteiger charge is 2.20. The fraction of sp³-hybridized carbons (Fsp3) is 0.0667. The molecule has 9 heteroatoms. The van der Waals surface area contributed by atoms with E-state index in [0.717, 1.165) is 11.5 Å². The number of sulfone groups is 1. The number of halogens is 1. The highest BCUT2D eigenvalue weighted by atomic mass is 32.2. The summed E-state index contributed by atoms with van der Waals surface area (Å²) in [6.45, 7) is 0. The predicted molar refractivity (Wildman–Crippen MR) is 88.1 cm³/mol. The van der Waals surface area contributed by atoms with E-state index in [2.05, 4.69) is 9.36 Å². The van der Waals surface area contributed by atoms with Crippen molar-refractivity contribution in [3.8, 4) is 11.5 Å². The number of anilines is 1. The Morgan fingerprint density at radius 1 is 1.12 bits per heavy atom. The van der Waals surface area contributed by atoms with Crippen LogP contribution >= 0.6 is 11.5 Å². The minimum absolute atomic E-state index is 0.0630. The minimum Gasteiger partial charge on any atom is -0.457 e. The Hall–Kier alpha value is -2.52. The van der Waals surface area contributed by atoms with Crippen molar-refractivity contribution >= 4 is 27.3 Å². The largest absolute Gasteiger partial charge is 0.457 e. The van der Waals surface area contributed by atoms with E-state index in [1.807, 2.05) is 0 Å². The van der Waals surface area contributed by atoms with Crippen LogP contribution in [0.5, 0.6) is 11.5 Å². The van der Waals surface area contributed by atoms with E-state index < -0.39 is 9.84 Å². The van der Waals surface area contributed by atoms with Crippen LogP contribution in [0.25, 0.3) is 0 Å². The number of rotatable bonds is 5. The van der Waals surface area contributed by atoms with Crippen molar-refractivity contribution in [2.45, 2.75) is 10.1 Å². The normalized spacial score (nSPS) is 11.4. The SMILES string of the molecule is Nc1nsc(S(=O)(=O)Cc2cccc(Oc3ccc(F)cc3)c2)n1. The van der Waals surface area contributed by atoms with Crippen molar-refractivity contribution in [3.63, 3.8) is 0 Å². The van der Waals surface area contributed by atoms with E-state index in [0.29, 0.717) is 17.1 Å². The Kier molecular flexibility index (Phi) is 4.45. The molecule has 0 saturated carbocycles. The second-order valence-electron chi connectivity index (χ2n) is 4.88. The molecule has 6 nitrogen and oxygen atoms in total. The first-order valence-electron chi connectivity index (χ1n) is 6.77. The first-order valence-corrected chi connectivity index (χ1v) is 9.19. The molecule has 0 amide bonds. The fourth-order valence-electron chi connectivity index (χ4n) is 1.97. The van der Waals surface area contributed by atoms with Gasteiger partial charge in [-0.25, -0.2) is 12.8 Å². The van der Waals surface area contributed by atoms with E-state index in [4.69, 9.17) is 10.5 Å². The summed E-state index contributed by atoms with van der Waals surface area (Å²) in [5.41, 5.74) is 5.90. The standard InChI is InChI=1S/C15H12FN3O3S2/c16-11-4-6-12(7-5-11)22-13-3-1-2-10(8-13)9-24(20,21)15-18-14(17)19-23-15/h1-8H,9H2,(H2,17,19). The molecule has 2 aromatic carbocycles. The molecule has 0 aliphatic carbocycles. The van der Waals surface area contributed by atoms with Gasteiger partial charge in [-0.15, -0.1) is 0 Å². The molecule has 0 atom stereocenters. The lowest BCUT2D eigenvalue weighted by Crippen LogP contribution is -2.05. The van der Waals surface area contributed by atoms with Gasteiger partial charge < -0.3 is 10.5 Å². The van der Waals surface area contributed by atoms with Crippen LogP contribution in [0.15, 0.2) is 52.9 Å². The van der Waals surface area contributed by atoms with Gasteiger partial charge >= 0.3 is 0 Å². The van der Waals surface area contributed by atoms with Crippen LogP contribution in [-0.2, 0) is 15.6 Å². The molecule has 0 fully saturated rings. The average molecular weight is 365 g/mol. The van der Waals surface area contributed by atoms with E-state index in [-0.39, 0.29) is 21.9 Å². The van der Waals surface area contributed by atoms with Gasteiger partial charge in [0.2, 0.25) is 20.1 Å². The lowest BCUT2D eigenvalue weighted by atomic mass is 10.2. The highest BCUT2D eigenvalue weighted by molar-refractivity contribution is 7.92. The minimum atomic E-state index is -3.63. The average Bonchev–Trinajstić information content (AvgIpc) is 2.97. The van der Waals surface area contributed by atoms with Gasteiger partial charge in [0.15, 0.2) is 0 Å². The smallest absolute Gasteiger partial charge is 0.233 e. The molecule has 0 unspecified atom stereocenters. The topological polar surface area (TPSA) is 95.2 Å². The van der Waals surface area contributed by atoms with Crippen molar-refractivity contribution < 1.29 is 17.5 Å². The summed E-state index contributed by atoms with van der Waals surface area (Å²) in [5.74, 6) is 0.229. The molecule has 1 aromatic heterocycles. The Labute approximate surface area is 141 Å². The molecule has 24 heavy (non-hydrogen) atoms. The van der Waals surface area contributed by atoms with E-state index >= 15 is 0 Å². The first-order chi connectivity index (χ1) is 11.4. The first kappa shape index (κ1) is 16.3. The Bertz CT molecular complexity index is 956. The number of hydrogen-bond donors (Lipinski definition) is 1. The van der Waals surface area contributed by atoms with Crippen LogP contribution in [-0.4, -0.2) is 17.8 Å². The maximum Gasteiger partial charge on any atom is 0.233 e. The zero-order chi connectivity index (χ0) is 17.2. The van der Waals surface area contributed by atoms with Gasteiger partial charge in [-0.05, 0) is 42.0 Å². The van der Waals surface area contributed by atoms with Gasteiger partial charge in [-0.3, -0.25) is 0 Å². The molecule has 0 bridgehead atoms. The maximum atomic E-state index is 12.9. The molecule has 124 valence electrons. The molecule has 0 saturated heterocycles. The van der Waals surface area contributed by atoms with Crippen LogP contribution in [0.1, 0.15) is 5.56 Å². The van der Waals surface area contributed by atoms with Crippen LogP contribution in [0.4, 0.5) is 10.3 Å². The second kappa shape index (κ2) is 6.54. The summed E-state index contributed by atoms with van der Waals surface area (Å²) in [7, 11) is -3.63. The van der Waals surface area contributed by atoms with Crippen molar-refractivity contribution in [2.24, 2.45) is 0 Å². The van der Waals surface area contributed by atoms with Crippen LogP contribution in [0.2, 0.25) is 0 Å². The van der Waals surface area contributed by atoms with Crippen LogP contribution in [0, 0.1) is 5.82 Å². The summed E-state index contributed by atoms with van der Waals surface area (Å²) in [4.78, 5) is 3.71. The van der Waals surface area contributed by atoms with Crippen molar-refractivity contribution in [1.29, 1.82) is 0 Å². The van der Waals surface area contributed by atoms with Crippen molar-refractivity contribution in [3.05, 3.63) is 59.9 Å². The number of aromatic nitrogens is 2. The quantitative estimate of drug-likeness (QED) is 0.747. The summed E-state index contributed by atoms with van der Waals surface area (Å²) in [5, 5.41) is 0. The lowest BCUT2D eigenvalue weighted by Gasteiger charge is -2.07. The monoisotopic (exact) mass is 365 g/mol. The van der Waals surface area contributed by atoms with Gasteiger partial charge in [0, 0.05) is 11.5 Å². The maximum absolute atomic E-state index is 12.9. The van der Waals surface area contributed by atoms with E-state index in [1.54, 1.807) is 24.3 Å². The molecule has 0 aliphatic rings. The highest BCUT2D eigenvalue weighted by Crippen LogP contribution is 2.25.